The molecule has 0 radical (unpaired) electrons. The van der Waals surface area contributed by atoms with Gasteiger partial charge >= 0.3 is 0 Å². The van der Waals surface area contributed by atoms with Gasteiger partial charge in [-0.1, -0.05) is 6.07 Å². The monoisotopic (exact) mass is 339 g/mol. The number of carbonyl (C=O) groups is 1. The van der Waals surface area contributed by atoms with E-state index in [0.717, 1.165) is 23.6 Å². The van der Waals surface area contributed by atoms with Crippen LogP contribution in [0.2, 0.25) is 0 Å². The van der Waals surface area contributed by atoms with Gasteiger partial charge in [-0.25, -0.2) is 9.37 Å². The number of aromatic nitrogens is 2. The first-order valence-electron chi connectivity index (χ1n) is 8.23. The van der Waals surface area contributed by atoms with Gasteiger partial charge in [0.2, 0.25) is 5.91 Å². The van der Waals surface area contributed by atoms with Crippen molar-refractivity contribution >= 4 is 5.91 Å². The lowest BCUT2D eigenvalue weighted by Crippen LogP contribution is -2.25. The van der Waals surface area contributed by atoms with Gasteiger partial charge in [0.15, 0.2) is 0 Å². The topological polar surface area (TPSA) is 60.1 Å². The quantitative estimate of drug-likeness (QED) is 0.776. The third-order valence-corrected chi connectivity index (χ3v) is 4.60. The number of halogens is 1. The summed E-state index contributed by atoms with van der Waals surface area (Å²) < 4.78 is 21.4. The lowest BCUT2D eigenvalue weighted by molar-refractivity contribution is -0.122. The van der Waals surface area contributed by atoms with E-state index in [1.165, 1.54) is 6.07 Å². The predicted molar refractivity (Wildman–Crippen MR) is 89.7 cm³/mol. The molecule has 128 valence electrons. The zero-order valence-corrected chi connectivity index (χ0v) is 13.8. The summed E-state index contributed by atoms with van der Waals surface area (Å²) in [5.41, 5.74) is 1.17. The Labute approximate surface area is 144 Å². The maximum absolute atomic E-state index is 14.4. The zero-order valence-electron chi connectivity index (χ0n) is 13.8. The highest BCUT2D eigenvalue weighted by molar-refractivity contribution is 5.82. The smallest absolute Gasteiger partial charge is 0.224 e. The molecule has 1 fully saturated rings. The van der Waals surface area contributed by atoms with Gasteiger partial charge in [0.05, 0.1) is 12.0 Å². The van der Waals surface area contributed by atoms with Gasteiger partial charge in [-0.15, -0.1) is 0 Å². The van der Waals surface area contributed by atoms with E-state index in [2.05, 4.69) is 10.3 Å². The maximum atomic E-state index is 14.4. The van der Waals surface area contributed by atoms with Crippen LogP contribution in [0, 0.1) is 18.7 Å². The lowest BCUT2D eigenvalue weighted by Gasteiger charge is -2.09. The molecule has 2 aromatic heterocycles. The summed E-state index contributed by atoms with van der Waals surface area (Å²) in [6, 6.07) is 8.69. The Bertz CT molecular complexity index is 901. The van der Waals surface area contributed by atoms with Crippen LogP contribution in [0.1, 0.15) is 29.5 Å². The van der Waals surface area contributed by atoms with Gasteiger partial charge < -0.3 is 14.3 Å². The number of amides is 1. The number of imidazole rings is 1. The van der Waals surface area contributed by atoms with E-state index in [-0.39, 0.29) is 23.6 Å². The number of nitrogens with zero attached hydrogens (tertiary/aromatic N) is 2. The SMILES string of the molecule is Cc1nccn1-c1ccc(CNC(=O)[C@H]2C[C@@H]2c2ccco2)cc1F. The third kappa shape index (κ3) is 3.07. The Morgan fingerprint density at radius 2 is 2.32 bits per heavy atom. The highest BCUT2D eigenvalue weighted by Gasteiger charge is 2.45. The van der Waals surface area contributed by atoms with Gasteiger partial charge in [0.25, 0.3) is 0 Å². The molecule has 1 aliphatic rings. The van der Waals surface area contributed by atoms with Crippen molar-refractivity contribution in [2.75, 3.05) is 0 Å². The zero-order chi connectivity index (χ0) is 17.4. The normalized spacial score (nSPS) is 19.0. The van der Waals surface area contributed by atoms with Crippen LogP contribution in [0.5, 0.6) is 0 Å². The average molecular weight is 339 g/mol. The standard InChI is InChI=1S/C19H18FN3O2/c1-12-21-6-7-23(12)17-5-4-13(9-16(17)20)11-22-19(24)15-10-14(15)18-3-2-8-25-18/h2-9,14-15H,10-11H2,1H3,(H,22,24)/t14-,15-/m0/s1. The second kappa shape index (κ2) is 6.20. The number of hydrogen-bond acceptors (Lipinski definition) is 3. The number of carbonyl (C=O) groups excluding carboxylic acids is 1. The van der Waals surface area contributed by atoms with Crippen LogP contribution in [-0.2, 0) is 11.3 Å². The van der Waals surface area contributed by atoms with E-state index in [4.69, 9.17) is 4.42 Å². The number of aryl methyl sites for hydroxylation is 1. The number of rotatable bonds is 5. The summed E-state index contributed by atoms with van der Waals surface area (Å²) in [6.07, 6.45) is 5.77. The van der Waals surface area contributed by atoms with Crippen molar-refractivity contribution in [2.45, 2.75) is 25.8 Å². The van der Waals surface area contributed by atoms with Crippen LogP contribution < -0.4 is 5.32 Å². The number of hydrogen-bond donors (Lipinski definition) is 1. The molecule has 1 aromatic carbocycles. The van der Waals surface area contributed by atoms with Crippen LogP contribution in [0.15, 0.2) is 53.4 Å². The van der Waals surface area contributed by atoms with Crippen molar-refractivity contribution in [1.82, 2.24) is 14.9 Å². The van der Waals surface area contributed by atoms with E-state index >= 15 is 0 Å². The first kappa shape index (κ1) is 15.6. The molecule has 0 spiro atoms. The number of furan rings is 1. The summed E-state index contributed by atoms with van der Waals surface area (Å²) in [4.78, 5) is 16.3. The van der Waals surface area contributed by atoms with Crippen LogP contribution in [0.4, 0.5) is 4.39 Å². The summed E-state index contributed by atoms with van der Waals surface area (Å²) in [5, 5.41) is 2.88. The number of nitrogens with one attached hydrogen (secondary N) is 1. The highest BCUT2D eigenvalue weighted by Crippen LogP contribution is 2.47. The van der Waals surface area contributed by atoms with Gasteiger partial charge in [-0.3, -0.25) is 4.79 Å². The van der Waals surface area contributed by atoms with Crippen molar-refractivity contribution in [3.8, 4) is 5.69 Å². The molecule has 3 aromatic rings. The molecule has 2 atom stereocenters. The van der Waals surface area contributed by atoms with Gasteiger partial charge in [0.1, 0.15) is 17.4 Å². The van der Waals surface area contributed by atoms with Crippen molar-refractivity contribution in [1.29, 1.82) is 0 Å². The molecule has 1 amide bonds. The Kier molecular flexibility index (Phi) is 3.87. The van der Waals surface area contributed by atoms with Gasteiger partial charge in [0, 0.05) is 30.8 Å². The second-order valence-electron chi connectivity index (χ2n) is 6.31. The van der Waals surface area contributed by atoms with Crippen molar-refractivity contribution in [3.63, 3.8) is 0 Å². The van der Waals surface area contributed by atoms with Crippen LogP contribution >= 0.6 is 0 Å². The fourth-order valence-corrected chi connectivity index (χ4v) is 3.11. The molecule has 0 unspecified atom stereocenters. The molecule has 1 N–H and O–H groups in total. The third-order valence-electron chi connectivity index (χ3n) is 4.60. The summed E-state index contributed by atoms with van der Waals surface area (Å²) >= 11 is 0. The predicted octanol–water partition coefficient (Wildman–Crippen LogP) is 3.33. The van der Waals surface area contributed by atoms with Crippen LogP contribution in [0.25, 0.3) is 5.69 Å². The molecule has 6 heteroatoms. The van der Waals surface area contributed by atoms with Crippen molar-refractivity contribution in [2.24, 2.45) is 5.92 Å². The summed E-state index contributed by atoms with van der Waals surface area (Å²) in [5.74, 6) is 1.33. The second-order valence-corrected chi connectivity index (χ2v) is 6.31. The van der Waals surface area contributed by atoms with E-state index in [0.29, 0.717) is 12.2 Å². The van der Waals surface area contributed by atoms with E-state index in [1.807, 2.05) is 25.1 Å². The Hall–Kier alpha value is -2.89. The molecule has 1 saturated carbocycles. The molecule has 25 heavy (non-hydrogen) atoms. The molecular weight excluding hydrogens is 321 g/mol. The molecule has 0 saturated heterocycles. The van der Waals surface area contributed by atoms with Crippen LogP contribution in [0.3, 0.4) is 0 Å². The molecule has 0 bridgehead atoms. The van der Waals surface area contributed by atoms with Crippen molar-refractivity contribution < 1.29 is 13.6 Å². The highest BCUT2D eigenvalue weighted by atomic mass is 19.1. The lowest BCUT2D eigenvalue weighted by atomic mass is 10.2. The fourth-order valence-electron chi connectivity index (χ4n) is 3.11. The minimum atomic E-state index is -0.340. The molecular formula is C19H18FN3O2. The minimum Gasteiger partial charge on any atom is -0.469 e. The minimum absolute atomic E-state index is 0.0173. The molecule has 0 aliphatic heterocycles. The fraction of sp³-hybridized carbons (Fsp3) is 0.263. The average Bonchev–Trinajstić information content (AvgIpc) is 3.01. The first-order chi connectivity index (χ1) is 12.1. The van der Waals surface area contributed by atoms with E-state index in [1.54, 1.807) is 29.3 Å². The van der Waals surface area contributed by atoms with E-state index < -0.39 is 0 Å². The Balaban J connectivity index is 1.38. The molecule has 1 aliphatic carbocycles. The molecule has 4 rings (SSSR count). The summed E-state index contributed by atoms with van der Waals surface area (Å²) in [7, 11) is 0. The first-order valence-corrected chi connectivity index (χ1v) is 8.23. The number of benzene rings is 1. The Morgan fingerprint density at radius 1 is 1.44 bits per heavy atom. The van der Waals surface area contributed by atoms with Gasteiger partial charge in [-0.2, -0.15) is 0 Å². The van der Waals surface area contributed by atoms with E-state index in [9.17, 15) is 9.18 Å². The van der Waals surface area contributed by atoms with Gasteiger partial charge in [-0.05, 0) is 43.2 Å². The van der Waals surface area contributed by atoms with Crippen LogP contribution in [-0.4, -0.2) is 15.5 Å². The van der Waals surface area contributed by atoms with Crippen molar-refractivity contribution in [3.05, 3.63) is 72.0 Å². The molecule has 5 nitrogen and oxygen atoms in total. The Morgan fingerprint density at radius 3 is 3.00 bits per heavy atom. The summed E-state index contributed by atoms with van der Waals surface area (Å²) in [6.45, 7) is 2.12. The molecule has 2 heterocycles. The largest absolute Gasteiger partial charge is 0.469 e. The maximum Gasteiger partial charge on any atom is 0.224 e.